The van der Waals surface area contributed by atoms with Crippen molar-refractivity contribution in [2.45, 2.75) is 53.0 Å². The number of amides is 2. The van der Waals surface area contributed by atoms with Crippen LogP contribution in [-0.4, -0.2) is 42.4 Å². The number of nitrogens with one attached hydrogen (secondary N) is 1. The molecule has 1 aromatic carbocycles. The third-order valence-corrected chi connectivity index (χ3v) is 4.91. The molecule has 1 fully saturated rings. The first-order valence-electron chi connectivity index (χ1n) is 9.29. The lowest BCUT2D eigenvalue weighted by Crippen LogP contribution is -2.37. The Kier molecular flexibility index (Phi) is 6.85. The number of carbonyl (C=O) groups excluding carboxylic acids is 2. The van der Waals surface area contributed by atoms with E-state index in [0.717, 1.165) is 24.7 Å². The number of anilines is 2. The molecule has 2 amide bonds. The fraction of sp³-hybridized carbons (Fsp3) is 0.600. The van der Waals surface area contributed by atoms with Gasteiger partial charge in [-0.2, -0.15) is 0 Å². The molecule has 25 heavy (non-hydrogen) atoms. The van der Waals surface area contributed by atoms with E-state index in [0.29, 0.717) is 13.0 Å². The van der Waals surface area contributed by atoms with E-state index in [2.05, 4.69) is 29.3 Å². The molecule has 5 nitrogen and oxygen atoms in total. The molecule has 1 N–H and O–H groups in total. The Hall–Kier alpha value is -2.04. The Morgan fingerprint density at radius 3 is 2.32 bits per heavy atom. The quantitative estimate of drug-likeness (QED) is 0.858. The fourth-order valence-electron chi connectivity index (χ4n) is 3.25. The lowest BCUT2D eigenvalue weighted by Gasteiger charge is -2.32. The molecule has 1 aliphatic heterocycles. The van der Waals surface area contributed by atoms with Crippen LogP contribution >= 0.6 is 0 Å². The van der Waals surface area contributed by atoms with Crippen LogP contribution in [0.1, 0.15) is 47.0 Å². The van der Waals surface area contributed by atoms with Gasteiger partial charge in [0.15, 0.2) is 0 Å². The summed E-state index contributed by atoms with van der Waals surface area (Å²) in [5, 5.41) is 2.92. The number of benzene rings is 1. The van der Waals surface area contributed by atoms with Crippen LogP contribution in [0.25, 0.3) is 0 Å². The first kappa shape index (κ1) is 19.3. The Morgan fingerprint density at radius 2 is 1.80 bits per heavy atom. The van der Waals surface area contributed by atoms with Crippen LogP contribution in [0.5, 0.6) is 0 Å². The Morgan fingerprint density at radius 1 is 1.20 bits per heavy atom. The molecule has 1 saturated heterocycles. The van der Waals surface area contributed by atoms with Crippen molar-refractivity contribution in [3.8, 4) is 0 Å². The number of nitrogens with zero attached hydrogens (tertiary/aromatic N) is 2. The zero-order valence-electron chi connectivity index (χ0n) is 15.9. The zero-order valence-corrected chi connectivity index (χ0v) is 15.9. The van der Waals surface area contributed by atoms with Crippen LogP contribution < -0.4 is 10.2 Å². The number of piperidine rings is 1. The van der Waals surface area contributed by atoms with E-state index < -0.39 is 0 Å². The van der Waals surface area contributed by atoms with Gasteiger partial charge in [-0.05, 0) is 56.9 Å². The second kappa shape index (κ2) is 8.88. The summed E-state index contributed by atoms with van der Waals surface area (Å²) in [4.78, 5) is 27.8. The molecule has 0 aliphatic carbocycles. The van der Waals surface area contributed by atoms with Crippen molar-refractivity contribution in [3.63, 3.8) is 0 Å². The molecule has 0 aromatic heterocycles. The van der Waals surface area contributed by atoms with Crippen LogP contribution in [0.4, 0.5) is 11.4 Å². The van der Waals surface area contributed by atoms with Gasteiger partial charge in [-0.3, -0.25) is 9.59 Å². The van der Waals surface area contributed by atoms with E-state index in [1.165, 1.54) is 25.5 Å². The predicted octanol–water partition coefficient (Wildman–Crippen LogP) is 3.51. The molecular weight excluding hydrogens is 314 g/mol. The molecule has 0 bridgehead atoms. The average molecular weight is 345 g/mol. The van der Waals surface area contributed by atoms with Gasteiger partial charge in [0.05, 0.1) is 0 Å². The van der Waals surface area contributed by atoms with Gasteiger partial charge in [0.1, 0.15) is 0 Å². The van der Waals surface area contributed by atoms with E-state index in [4.69, 9.17) is 0 Å². The zero-order chi connectivity index (χ0) is 18.4. The van der Waals surface area contributed by atoms with Crippen molar-refractivity contribution in [1.82, 2.24) is 4.90 Å². The summed E-state index contributed by atoms with van der Waals surface area (Å²) in [6, 6.07) is 8.16. The Bertz CT molecular complexity index is 575. The lowest BCUT2D eigenvalue weighted by atomic mass is 9.99. The van der Waals surface area contributed by atoms with Crippen molar-refractivity contribution in [2.24, 2.45) is 5.92 Å². The molecule has 1 heterocycles. The molecule has 5 heteroatoms. The second-order valence-electron chi connectivity index (χ2n) is 7.32. The largest absolute Gasteiger partial charge is 0.372 e. The van der Waals surface area contributed by atoms with E-state index in [-0.39, 0.29) is 17.9 Å². The first-order chi connectivity index (χ1) is 11.9. The van der Waals surface area contributed by atoms with Crippen LogP contribution in [0, 0.1) is 5.92 Å². The van der Waals surface area contributed by atoms with Crippen molar-refractivity contribution in [3.05, 3.63) is 24.3 Å². The third-order valence-electron chi connectivity index (χ3n) is 4.91. The van der Waals surface area contributed by atoms with E-state index in [1.54, 1.807) is 4.90 Å². The molecule has 0 saturated carbocycles. The highest BCUT2D eigenvalue weighted by molar-refractivity contribution is 5.91. The van der Waals surface area contributed by atoms with Crippen LogP contribution in [0.15, 0.2) is 24.3 Å². The SMILES string of the molecule is CC(=O)N(CCC(=O)Nc1ccc(N2CCC(C)CC2)cc1)C(C)C. The number of hydrogen-bond acceptors (Lipinski definition) is 3. The number of hydrogen-bond donors (Lipinski definition) is 1. The molecule has 138 valence electrons. The summed E-state index contributed by atoms with van der Waals surface area (Å²) in [6.45, 7) is 10.4. The van der Waals surface area contributed by atoms with Gasteiger partial charge in [0.25, 0.3) is 0 Å². The number of rotatable bonds is 6. The molecule has 0 atom stereocenters. The van der Waals surface area contributed by atoms with Gasteiger partial charge in [0.2, 0.25) is 11.8 Å². The van der Waals surface area contributed by atoms with Crippen molar-refractivity contribution < 1.29 is 9.59 Å². The Balaban J connectivity index is 1.84. The summed E-state index contributed by atoms with van der Waals surface area (Å²) in [6.07, 6.45) is 2.78. The summed E-state index contributed by atoms with van der Waals surface area (Å²) < 4.78 is 0. The predicted molar refractivity (Wildman–Crippen MR) is 103 cm³/mol. The highest BCUT2D eigenvalue weighted by Crippen LogP contribution is 2.24. The maximum Gasteiger partial charge on any atom is 0.226 e. The monoisotopic (exact) mass is 345 g/mol. The molecule has 1 aromatic rings. The summed E-state index contributed by atoms with van der Waals surface area (Å²) in [5.74, 6) is 0.754. The van der Waals surface area contributed by atoms with Crippen LogP contribution in [0.3, 0.4) is 0 Å². The van der Waals surface area contributed by atoms with Crippen LogP contribution in [0.2, 0.25) is 0 Å². The van der Waals surface area contributed by atoms with E-state index >= 15 is 0 Å². The summed E-state index contributed by atoms with van der Waals surface area (Å²) in [5.41, 5.74) is 2.02. The topological polar surface area (TPSA) is 52.7 Å². The minimum atomic E-state index is -0.0635. The fourth-order valence-corrected chi connectivity index (χ4v) is 3.25. The third kappa shape index (κ3) is 5.76. The van der Waals surface area contributed by atoms with Gasteiger partial charge in [0, 0.05) is 50.4 Å². The molecule has 1 aliphatic rings. The highest BCUT2D eigenvalue weighted by Gasteiger charge is 2.16. The lowest BCUT2D eigenvalue weighted by molar-refractivity contribution is -0.130. The van der Waals surface area contributed by atoms with Gasteiger partial charge in [-0.25, -0.2) is 0 Å². The summed E-state index contributed by atoms with van der Waals surface area (Å²) in [7, 11) is 0. The maximum atomic E-state index is 12.1. The van der Waals surface area contributed by atoms with Crippen LogP contribution in [-0.2, 0) is 9.59 Å². The Labute approximate surface area is 151 Å². The van der Waals surface area contributed by atoms with Crippen molar-refractivity contribution >= 4 is 23.2 Å². The molecular formula is C20H31N3O2. The molecule has 2 rings (SSSR count). The smallest absolute Gasteiger partial charge is 0.226 e. The first-order valence-corrected chi connectivity index (χ1v) is 9.29. The second-order valence-corrected chi connectivity index (χ2v) is 7.32. The van der Waals surface area contributed by atoms with E-state index in [1.807, 2.05) is 26.0 Å². The van der Waals surface area contributed by atoms with E-state index in [9.17, 15) is 9.59 Å². The average Bonchev–Trinajstić information content (AvgIpc) is 2.56. The molecule has 0 unspecified atom stereocenters. The minimum Gasteiger partial charge on any atom is -0.372 e. The molecule has 0 radical (unpaired) electrons. The standard InChI is InChI=1S/C20H31N3O2/c1-15(2)23(17(4)24)14-11-20(25)21-18-5-7-19(8-6-18)22-12-9-16(3)10-13-22/h5-8,15-16H,9-14H2,1-4H3,(H,21,25). The minimum absolute atomic E-state index is 0.00278. The van der Waals surface area contributed by atoms with Crippen molar-refractivity contribution in [1.29, 1.82) is 0 Å². The van der Waals surface area contributed by atoms with Gasteiger partial charge in [-0.1, -0.05) is 6.92 Å². The van der Waals surface area contributed by atoms with Gasteiger partial charge < -0.3 is 15.1 Å². The molecule has 0 spiro atoms. The summed E-state index contributed by atoms with van der Waals surface area (Å²) >= 11 is 0. The highest BCUT2D eigenvalue weighted by atomic mass is 16.2. The number of carbonyl (C=O) groups is 2. The maximum absolute atomic E-state index is 12.1. The normalized spacial score (nSPS) is 15.3. The van der Waals surface area contributed by atoms with Crippen molar-refractivity contribution in [2.75, 3.05) is 29.9 Å². The van der Waals surface area contributed by atoms with Gasteiger partial charge >= 0.3 is 0 Å². The van der Waals surface area contributed by atoms with Gasteiger partial charge in [-0.15, -0.1) is 0 Å².